The Kier molecular flexibility index (Phi) is 13.2. The summed E-state index contributed by atoms with van der Waals surface area (Å²) in [7, 11) is 4.64. The molecular weight excluding hydrogens is 458 g/mol. The van der Waals surface area contributed by atoms with Crippen LogP contribution in [-0.4, -0.2) is 66.6 Å². The molecule has 1 aromatic carbocycles. The van der Waals surface area contributed by atoms with Crippen molar-refractivity contribution in [2.24, 2.45) is 17.6 Å². The highest BCUT2D eigenvalue weighted by Crippen LogP contribution is 2.20. The van der Waals surface area contributed by atoms with Gasteiger partial charge in [-0.15, -0.1) is 0 Å². The van der Waals surface area contributed by atoms with Gasteiger partial charge in [0.05, 0.1) is 13.0 Å². The van der Waals surface area contributed by atoms with Gasteiger partial charge >= 0.3 is 0 Å². The molecule has 8 nitrogen and oxygen atoms in total. The van der Waals surface area contributed by atoms with Gasteiger partial charge in [-0.2, -0.15) is 0 Å². The van der Waals surface area contributed by atoms with Crippen LogP contribution in [0.5, 0.6) is 5.75 Å². The Hall–Kier alpha value is -2.90. The van der Waals surface area contributed by atoms with E-state index in [1.807, 2.05) is 26.0 Å². The number of methoxy groups -OCH3 is 1. The molecule has 0 aliphatic rings. The first-order chi connectivity index (χ1) is 17.0. The number of amides is 3. The van der Waals surface area contributed by atoms with Crippen LogP contribution >= 0.6 is 0 Å². The molecule has 0 saturated carbocycles. The molecule has 0 heterocycles. The molecule has 1 rings (SSSR count). The van der Waals surface area contributed by atoms with Crippen molar-refractivity contribution in [2.75, 3.05) is 21.2 Å². The van der Waals surface area contributed by atoms with Crippen molar-refractivity contribution >= 4 is 23.5 Å². The second kappa shape index (κ2) is 15.3. The Labute approximate surface area is 216 Å². The molecule has 1 aromatic rings. The molecule has 0 fully saturated rings. The minimum atomic E-state index is -0.906. The smallest absolute Gasteiger partial charge is 0.246 e. The first-order valence-electron chi connectivity index (χ1n) is 12.9. The van der Waals surface area contributed by atoms with E-state index in [1.165, 1.54) is 16.8 Å². The molecule has 0 spiro atoms. The number of nitrogens with zero attached hydrogens (tertiary/aromatic N) is 2. The van der Waals surface area contributed by atoms with Gasteiger partial charge in [0, 0.05) is 26.9 Å². The number of likely N-dealkylation sites (N-methyl/N-ethyl adjacent to an activating group) is 2. The predicted octanol–water partition coefficient (Wildman–Crippen LogP) is 3.60. The van der Waals surface area contributed by atoms with E-state index in [0.29, 0.717) is 12.2 Å². The highest BCUT2D eigenvalue weighted by Gasteiger charge is 2.37. The number of Topliss-reactive ketones (excluding diaryl/α,β-unsaturated/α-hetero) is 1. The average molecular weight is 504 g/mol. The SMILES string of the molecule is CCCCCCCC(=O)[C@H](C)C(=O)N(C)[C@@H](Cc1ccc(OC)cc1)C(=O)N(C)[C@H](C(N)=O)C(C)C. The molecule has 0 aromatic heterocycles. The molecule has 0 aliphatic carbocycles. The first-order valence-corrected chi connectivity index (χ1v) is 12.9. The van der Waals surface area contributed by atoms with Crippen LogP contribution in [0.3, 0.4) is 0 Å². The third-order valence-electron chi connectivity index (χ3n) is 6.76. The number of benzene rings is 1. The average Bonchev–Trinajstić information content (AvgIpc) is 2.85. The summed E-state index contributed by atoms with van der Waals surface area (Å²) in [6, 6.07) is 5.51. The maximum Gasteiger partial charge on any atom is 0.246 e. The van der Waals surface area contributed by atoms with Crippen LogP contribution < -0.4 is 10.5 Å². The highest BCUT2D eigenvalue weighted by atomic mass is 16.5. The number of unbranched alkanes of at least 4 members (excludes halogenated alkanes) is 4. The Morgan fingerprint density at radius 3 is 1.97 bits per heavy atom. The van der Waals surface area contributed by atoms with E-state index in [2.05, 4.69) is 6.92 Å². The van der Waals surface area contributed by atoms with Crippen LogP contribution in [0.2, 0.25) is 0 Å². The lowest BCUT2D eigenvalue weighted by Crippen LogP contribution is -2.57. The fourth-order valence-electron chi connectivity index (χ4n) is 4.43. The van der Waals surface area contributed by atoms with Crippen molar-refractivity contribution in [1.29, 1.82) is 0 Å². The monoisotopic (exact) mass is 503 g/mol. The fourth-order valence-corrected chi connectivity index (χ4v) is 4.43. The molecule has 0 radical (unpaired) electrons. The maximum atomic E-state index is 13.6. The normalized spacial score (nSPS) is 13.6. The van der Waals surface area contributed by atoms with E-state index >= 15 is 0 Å². The van der Waals surface area contributed by atoms with E-state index in [1.54, 1.807) is 33.2 Å². The van der Waals surface area contributed by atoms with Crippen LogP contribution in [0.25, 0.3) is 0 Å². The number of hydrogen-bond acceptors (Lipinski definition) is 5. The number of nitrogens with two attached hydrogens (primary N) is 1. The summed E-state index contributed by atoms with van der Waals surface area (Å²) < 4.78 is 5.21. The molecule has 3 atom stereocenters. The largest absolute Gasteiger partial charge is 0.497 e. The standard InChI is InChI=1S/C28H45N3O5/c1-8-9-10-11-12-13-24(32)20(4)27(34)30(5)23(18-21-14-16-22(36-7)17-15-21)28(35)31(6)25(19(2)3)26(29)33/h14-17,19-20,23,25H,8-13,18H2,1-7H3,(H2,29,33)/t20-,23-,25-/m0/s1. The maximum absolute atomic E-state index is 13.6. The highest BCUT2D eigenvalue weighted by molar-refractivity contribution is 6.02. The third-order valence-corrected chi connectivity index (χ3v) is 6.76. The van der Waals surface area contributed by atoms with E-state index in [9.17, 15) is 19.2 Å². The summed E-state index contributed by atoms with van der Waals surface area (Å²) in [4.78, 5) is 54.5. The van der Waals surface area contributed by atoms with E-state index in [0.717, 1.165) is 37.7 Å². The van der Waals surface area contributed by atoms with Gasteiger partial charge < -0.3 is 20.3 Å². The summed E-state index contributed by atoms with van der Waals surface area (Å²) in [6.07, 6.45) is 5.62. The Morgan fingerprint density at radius 2 is 1.47 bits per heavy atom. The van der Waals surface area contributed by atoms with Crippen molar-refractivity contribution in [3.05, 3.63) is 29.8 Å². The lowest BCUT2D eigenvalue weighted by molar-refractivity contribution is -0.150. The molecule has 36 heavy (non-hydrogen) atoms. The van der Waals surface area contributed by atoms with Gasteiger partial charge in [-0.05, 0) is 37.0 Å². The zero-order chi connectivity index (χ0) is 27.4. The molecule has 2 N–H and O–H groups in total. The number of primary amides is 1. The number of ketones is 1. The summed E-state index contributed by atoms with van der Waals surface area (Å²) in [6.45, 7) is 7.36. The Morgan fingerprint density at radius 1 is 0.889 bits per heavy atom. The van der Waals surface area contributed by atoms with Crippen molar-refractivity contribution in [2.45, 2.75) is 84.7 Å². The molecule has 202 valence electrons. The minimum Gasteiger partial charge on any atom is -0.497 e. The number of ether oxygens (including phenoxy) is 1. The van der Waals surface area contributed by atoms with Gasteiger partial charge in [-0.3, -0.25) is 19.2 Å². The van der Waals surface area contributed by atoms with Crippen molar-refractivity contribution in [1.82, 2.24) is 9.80 Å². The van der Waals surface area contributed by atoms with E-state index < -0.39 is 35.7 Å². The van der Waals surface area contributed by atoms with E-state index in [4.69, 9.17) is 10.5 Å². The molecule has 0 saturated heterocycles. The Bertz CT molecular complexity index is 868. The summed E-state index contributed by atoms with van der Waals surface area (Å²) in [5.41, 5.74) is 6.41. The first kappa shape index (κ1) is 31.1. The fraction of sp³-hybridized carbons (Fsp3) is 0.643. The van der Waals surface area contributed by atoms with Gasteiger partial charge in [0.25, 0.3) is 0 Å². The van der Waals surface area contributed by atoms with Gasteiger partial charge in [-0.25, -0.2) is 0 Å². The lowest BCUT2D eigenvalue weighted by atomic mass is 9.96. The Balaban J connectivity index is 3.14. The number of rotatable bonds is 16. The predicted molar refractivity (Wildman–Crippen MR) is 141 cm³/mol. The zero-order valence-electron chi connectivity index (χ0n) is 23.1. The topological polar surface area (TPSA) is 110 Å². The minimum absolute atomic E-state index is 0.121. The molecule has 0 bridgehead atoms. The van der Waals surface area contributed by atoms with Crippen molar-refractivity contribution < 1.29 is 23.9 Å². The zero-order valence-corrected chi connectivity index (χ0v) is 23.1. The van der Waals surface area contributed by atoms with Crippen LogP contribution in [-0.2, 0) is 25.6 Å². The number of carbonyl (C=O) groups is 4. The van der Waals surface area contributed by atoms with Gasteiger partial charge in [0.2, 0.25) is 17.7 Å². The molecule has 8 heteroatoms. The third kappa shape index (κ3) is 8.95. The summed E-state index contributed by atoms with van der Waals surface area (Å²) >= 11 is 0. The van der Waals surface area contributed by atoms with Crippen LogP contribution in [0.15, 0.2) is 24.3 Å². The van der Waals surface area contributed by atoms with Gasteiger partial charge in [-0.1, -0.05) is 58.6 Å². The molecule has 0 aliphatic heterocycles. The number of hydrogen-bond donors (Lipinski definition) is 1. The summed E-state index contributed by atoms with van der Waals surface area (Å²) in [5.74, 6) is -1.92. The van der Waals surface area contributed by atoms with E-state index in [-0.39, 0.29) is 18.1 Å². The number of carbonyl (C=O) groups excluding carboxylic acids is 4. The van der Waals surface area contributed by atoms with Gasteiger partial charge in [0.1, 0.15) is 23.6 Å². The second-order valence-corrected chi connectivity index (χ2v) is 9.91. The quantitative estimate of drug-likeness (QED) is 0.274. The lowest BCUT2D eigenvalue weighted by Gasteiger charge is -2.36. The van der Waals surface area contributed by atoms with Crippen molar-refractivity contribution in [3.63, 3.8) is 0 Å². The van der Waals surface area contributed by atoms with Crippen LogP contribution in [0, 0.1) is 11.8 Å². The van der Waals surface area contributed by atoms with Gasteiger partial charge in [0.15, 0.2) is 0 Å². The van der Waals surface area contributed by atoms with Crippen LogP contribution in [0.1, 0.15) is 71.8 Å². The summed E-state index contributed by atoms with van der Waals surface area (Å²) in [5, 5.41) is 0. The molecule has 0 unspecified atom stereocenters. The molecular formula is C28H45N3O5. The van der Waals surface area contributed by atoms with Crippen molar-refractivity contribution in [3.8, 4) is 5.75 Å². The second-order valence-electron chi connectivity index (χ2n) is 9.91. The molecule has 3 amide bonds. The van der Waals surface area contributed by atoms with Crippen LogP contribution in [0.4, 0.5) is 0 Å².